The Hall–Kier alpha value is -3.35. The largest absolute Gasteiger partial charge is 0.454 e. The Morgan fingerprint density at radius 3 is 2.76 bits per heavy atom. The average molecular weight is 340 g/mol. The van der Waals surface area contributed by atoms with Crippen LogP contribution in [0.3, 0.4) is 0 Å². The second kappa shape index (κ2) is 5.62. The molecule has 25 heavy (non-hydrogen) atoms. The number of benzene rings is 2. The van der Waals surface area contributed by atoms with Gasteiger partial charge < -0.3 is 19.6 Å². The van der Waals surface area contributed by atoms with Crippen LogP contribution in [0.25, 0.3) is 22.8 Å². The first-order chi connectivity index (χ1) is 12.0. The molecule has 0 saturated carbocycles. The van der Waals surface area contributed by atoms with Crippen molar-refractivity contribution in [3.8, 4) is 34.3 Å². The van der Waals surface area contributed by atoms with E-state index >= 15 is 0 Å². The van der Waals surface area contributed by atoms with E-state index in [1.165, 1.54) is 6.07 Å². The number of ether oxygens (including phenoxy) is 2. The highest BCUT2D eigenvalue weighted by molar-refractivity contribution is 5.97. The number of nitrogens with two attached hydrogens (primary N) is 1. The molecule has 2 heterocycles. The van der Waals surface area contributed by atoms with Gasteiger partial charge in [-0.3, -0.25) is 4.79 Å². The van der Waals surface area contributed by atoms with E-state index in [2.05, 4.69) is 4.98 Å². The molecular weight excluding hydrogens is 327 g/mol. The Labute approximate surface area is 142 Å². The highest BCUT2D eigenvalue weighted by atomic mass is 19.1. The number of hydrogen-bond donors (Lipinski definition) is 1. The van der Waals surface area contributed by atoms with Crippen molar-refractivity contribution in [1.29, 1.82) is 0 Å². The summed E-state index contributed by atoms with van der Waals surface area (Å²) in [5.74, 6) is 0.00805. The molecule has 1 aliphatic rings. The molecule has 4 rings (SSSR count). The van der Waals surface area contributed by atoms with Gasteiger partial charge in [0.05, 0.1) is 5.56 Å². The van der Waals surface area contributed by atoms with Crippen molar-refractivity contribution in [2.24, 2.45) is 5.73 Å². The van der Waals surface area contributed by atoms with Crippen molar-refractivity contribution in [2.45, 2.75) is 6.92 Å². The zero-order valence-corrected chi connectivity index (χ0v) is 13.2. The molecule has 0 saturated heterocycles. The highest BCUT2D eigenvalue weighted by Gasteiger charge is 2.24. The van der Waals surface area contributed by atoms with Crippen molar-refractivity contribution in [3.63, 3.8) is 0 Å². The van der Waals surface area contributed by atoms with E-state index in [0.29, 0.717) is 22.6 Å². The summed E-state index contributed by atoms with van der Waals surface area (Å²) >= 11 is 0. The van der Waals surface area contributed by atoms with E-state index in [1.54, 1.807) is 37.3 Å². The third-order valence-corrected chi connectivity index (χ3v) is 3.93. The lowest BCUT2D eigenvalue weighted by Crippen LogP contribution is -2.12. The second-order valence-corrected chi connectivity index (χ2v) is 5.56. The molecule has 1 aromatic heterocycles. The third kappa shape index (κ3) is 2.50. The van der Waals surface area contributed by atoms with Crippen molar-refractivity contribution in [1.82, 2.24) is 4.98 Å². The van der Waals surface area contributed by atoms with E-state index < -0.39 is 11.7 Å². The van der Waals surface area contributed by atoms with Crippen LogP contribution in [0.2, 0.25) is 0 Å². The summed E-state index contributed by atoms with van der Waals surface area (Å²) in [4.78, 5) is 15.9. The van der Waals surface area contributed by atoms with Gasteiger partial charge in [0.1, 0.15) is 5.82 Å². The number of amides is 1. The van der Waals surface area contributed by atoms with Crippen LogP contribution in [0.1, 0.15) is 16.1 Å². The molecule has 126 valence electrons. The summed E-state index contributed by atoms with van der Waals surface area (Å²) in [6.45, 7) is 1.85. The molecule has 0 bridgehead atoms. The van der Waals surface area contributed by atoms with Crippen molar-refractivity contribution < 1.29 is 23.1 Å². The van der Waals surface area contributed by atoms with Gasteiger partial charge in [-0.05, 0) is 36.8 Å². The average Bonchev–Trinajstić information content (AvgIpc) is 3.20. The lowest BCUT2D eigenvalue weighted by Gasteiger charge is -2.03. The summed E-state index contributed by atoms with van der Waals surface area (Å²) in [6.07, 6.45) is 0. The maximum atomic E-state index is 14.2. The number of primary amides is 1. The van der Waals surface area contributed by atoms with Crippen LogP contribution in [0.5, 0.6) is 11.5 Å². The molecule has 1 amide bonds. The van der Waals surface area contributed by atoms with E-state index in [1.807, 2.05) is 0 Å². The van der Waals surface area contributed by atoms with Crippen molar-refractivity contribution in [2.75, 3.05) is 6.79 Å². The van der Waals surface area contributed by atoms with Gasteiger partial charge in [-0.15, -0.1) is 0 Å². The van der Waals surface area contributed by atoms with Gasteiger partial charge in [-0.2, -0.15) is 0 Å². The third-order valence-electron chi connectivity index (χ3n) is 3.93. The predicted molar refractivity (Wildman–Crippen MR) is 86.7 cm³/mol. The van der Waals surface area contributed by atoms with Gasteiger partial charge in [0.15, 0.2) is 23.0 Å². The van der Waals surface area contributed by atoms with Gasteiger partial charge in [-0.1, -0.05) is 12.1 Å². The Bertz CT molecular complexity index is 976. The normalized spacial score (nSPS) is 12.4. The zero-order valence-electron chi connectivity index (χ0n) is 13.2. The fraction of sp³-hybridized carbons (Fsp3) is 0.111. The molecule has 0 fully saturated rings. The van der Waals surface area contributed by atoms with Crippen LogP contribution in [0.4, 0.5) is 4.39 Å². The Balaban J connectivity index is 1.89. The van der Waals surface area contributed by atoms with Crippen LogP contribution in [0, 0.1) is 12.7 Å². The van der Waals surface area contributed by atoms with E-state index in [4.69, 9.17) is 19.6 Å². The first-order valence-corrected chi connectivity index (χ1v) is 7.50. The SMILES string of the molecule is Cc1cccc(F)c1-c1nc(C(N)=O)c(-c2ccc3c(c2)OCO3)o1. The molecule has 2 aromatic carbocycles. The standard InChI is InChI=1S/C18H13FN2O4/c1-9-3-2-4-11(19)14(9)18-21-15(17(20)22)16(25-18)10-5-6-12-13(7-10)24-8-23-12/h2-7H,8H2,1H3,(H2,20,22). The smallest absolute Gasteiger partial charge is 0.271 e. The molecule has 3 aromatic rings. The van der Waals surface area contributed by atoms with Gasteiger partial charge in [-0.25, -0.2) is 9.37 Å². The monoisotopic (exact) mass is 340 g/mol. The number of nitrogens with zero attached hydrogens (tertiary/aromatic N) is 1. The highest BCUT2D eigenvalue weighted by Crippen LogP contribution is 2.38. The molecule has 0 spiro atoms. The minimum atomic E-state index is -0.767. The first-order valence-electron chi connectivity index (χ1n) is 7.50. The number of carbonyl (C=O) groups excluding carboxylic acids is 1. The number of aromatic nitrogens is 1. The Morgan fingerprint density at radius 2 is 2.00 bits per heavy atom. The van der Waals surface area contributed by atoms with Crippen LogP contribution in [-0.2, 0) is 0 Å². The van der Waals surface area contributed by atoms with Gasteiger partial charge in [0.25, 0.3) is 5.91 Å². The van der Waals surface area contributed by atoms with Gasteiger partial charge >= 0.3 is 0 Å². The maximum Gasteiger partial charge on any atom is 0.271 e. The summed E-state index contributed by atoms with van der Waals surface area (Å²) < 4.78 is 30.5. The number of hydrogen-bond acceptors (Lipinski definition) is 5. The number of fused-ring (bicyclic) bond motifs is 1. The van der Waals surface area contributed by atoms with E-state index in [0.717, 1.165) is 0 Å². The van der Waals surface area contributed by atoms with E-state index in [9.17, 15) is 9.18 Å². The second-order valence-electron chi connectivity index (χ2n) is 5.56. The summed E-state index contributed by atoms with van der Waals surface area (Å²) in [5.41, 5.74) is 6.71. The molecular formula is C18H13FN2O4. The molecule has 7 heteroatoms. The summed E-state index contributed by atoms with van der Waals surface area (Å²) in [6, 6.07) is 9.67. The number of carbonyl (C=O) groups is 1. The fourth-order valence-electron chi connectivity index (χ4n) is 2.73. The van der Waals surface area contributed by atoms with Crippen LogP contribution in [-0.4, -0.2) is 17.7 Å². The van der Waals surface area contributed by atoms with Crippen molar-refractivity contribution >= 4 is 5.91 Å². The summed E-state index contributed by atoms with van der Waals surface area (Å²) in [7, 11) is 0. The maximum absolute atomic E-state index is 14.2. The topological polar surface area (TPSA) is 87.6 Å². The zero-order chi connectivity index (χ0) is 17.6. The number of halogens is 1. The lowest BCUT2D eigenvalue weighted by atomic mass is 10.1. The molecule has 1 aliphatic heterocycles. The molecule has 0 unspecified atom stereocenters. The summed E-state index contributed by atoms with van der Waals surface area (Å²) in [5, 5.41) is 0. The minimum Gasteiger partial charge on any atom is -0.454 e. The first kappa shape index (κ1) is 15.2. The fourth-order valence-corrected chi connectivity index (χ4v) is 2.73. The minimum absolute atomic E-state index is 0.00272. The molecule has 0 atom stereocenters. The van der Waals surface area contributed by atoms with Crippen molar-refractivity contribution in [3.05, 3.63) is 53.5 Å². The number of rotatable bonds is 3. The van der Waals surface area contributed by atoms with Gasteiger partial charge in [0.2, 0.25) is 12.7 Å². The Morgan fingerprint density at radius 1 is 1.20 bits per heavy atom. The van der Waals surface area contributed by atoms with Crippen LogP contribution < -0.4 is 15.2 Å². The molecule has 0 radical (unpaired) electrons. The molecule has 2 N–H and O–H groups in total. The quantitative estimate of drug-likeness (QED) is 0.790. The van der Waals surface area contributed by atoms with Crippen LogP contribution >= 0.6 is 0 Å². The lowest BCUT2D eigenvalue weighted by molar-refractivity contribution is 0.0996. The number of aryl methyl sites for hydroxylation is 1. The predicted octanol–water partition coefficient (Wildman–Crippen LogP) is 3.28. The van der Waals surface area contributed by atoms with E-state index in [-0.39, 0.29) is 29.7 Å². The molecule has 6 nitrogen and oxygen atoms in total. The molecule has 0 aliphatic carbocycles. The number of oxazole rings is 1. The van der Waals surface area contributed by atoms with Crippen LogP contribution in [0.15, 0.2) is 40.8 Å². The Kier molecular flexibility index (Phi) is 3.42. The van der Waals surface area contributed by atoms with Gasteiger partial charge in [0, 0.05) is 5.56 Å².